The highest BCUT2D eigenvalue weighted by molar-refractivity contribution is 6.33. The molecule has 0 amide bonds. The number of nitriles is 1. The van der Waals surface area contributed by atoms with Crippen molar-refractivity contribution in [2.75, 3.05) is 5.32 Å². The number of halogens is 1. The summed E-state index contributed by atoms with van der Waals surface area (Å²) in [4.78, 5) is 0. The number of hydrogen-bond acceptors (Lipinski definition) is 2. The third kappa shape index (κ3) is 3.53. The molecule has 0 aliphatic carbocycles. The van der Waals surface area contributed by atoms with E-state index in [0.717, 1.165) is 5.69 Å². The molecule has 2 rings (SSSR count). The van der Waals surface area contributed by atoms with Crippen LogP contribution in [0.5, 0.6) is 0 Å². The van der Waals surface area contributed by atoms with Crippen LogP contribution in [0.2, 0.25) is 5.02 Å². The Labute approximate surface area is 125 Å². The van der Waals surface area contributed by atoms with Crippen LogP contribution in [0.4, 0.5) is 5.69 Å². The molecule has 2 aromatic carbocycles. The highest BCUT2D eigenvalue weighted by Crippen LogP contribution is 2.23. The molecule has 0 spiro atoms. The summed E-state index contributed by atoms with van der Waals surface area (Å²) in [6.07, 6.45) is 0. The van der Waals surface area contributed by atoms with Gasteiger partial charge in [-0.2, -0.15) is 5.26 Å². The van der Waals surface area contributed by atoms with Crippen molar-refractivity contribution in [3.8, 4) is 6.07 Å². The molecule has 0 aromatic heterocycles. The van der Waals surface area contributed by atoms with Crippen molar-refractivity contribution >= 4 is 17.3 Å². The van der Waals surface area contributed by atoms with Gasteiger partial charge in [0.05, 0.1) is 22.3 Å². The first-order valence-corrected chi connectivity index (χ1v) is 7.00. The second-order valence-corrected chi connectivity index (χ2v) is 5.46. The molecule has 2 nitrogen and oxygen atoms in total. The van der Waals surface area contributed by atoms with E-state index in [9.17, 15) is 0 Å². The van der Waals surface area contributed by atoms with Crippen LogP contribution >= 0.6 is 11.6 Å². The Bertz CT molecular complexity index is 624. The van der Waals surface area contributed by atoms with E-state index in [1.54, 1.807) is 18.2 Å². The smallest absolute Gasteiger partial charge is 0.0992 e. The summed E-state index contributed by atoms with van der Waals surface area (Å²) in [5.74, 6) is 0.541. The van der Waals surface area contributed by atoms with Crippen LogP contribution in [-0.4, -0.2) is 0 Å². The molecule has 2 aromatic rings. The van der Waals surface area contributed by atoms with Gasteiger partial charge in [0.25, 0.3) is 0 Å². The molecule has 3 heteroatoms. The van der Waals surface area contributed by atoms with E-state index in [1.165, 1.54) is 11.1 Å². The Morgan fingerprint density at radius 2 is 1.85 bits per heavy atom. The number of hydrogen-bond donors (Lipinski definition) is 1. The maximum Gasteiger partial charge on any atom is 0.0992 e. The Morgan fingerprint density at radius 3 is 2.45 bits per heavy atom. The largest absolute Gasteiger partial charge is 0.380 e. The van der Waals surface area contributed by atoms with Crippen LogP contribution in [0.25, 0.3) is 0 Å². The average molecular weight is 285 g/mol. The summed E-state index contributed by atoms with van der Waals surface area (Å²) < 4.78 is 0. The lowest BCUT2D eigenvalue weighted by molar-refractivity contribution is 0.865. The molecule has 0 bridgehead atoms. The monoisotopic (exact) mass is 284 g/mol. The fourth-order valence-electron chi connectivity index (χ4n) is 1.95. The topological polar surface area (TPSA) is 35.8 Å². The van der Waals surface area contributed by atoms with Gasteiger partial charge in [0, 0.05) is 6.54 Å². The average Bonchev–Trinajstić information content (AvgIpc) is 2.47. The lowest BCUT2D eigenvalue weighted by atomic mass is 10.0. The summed E-state index contributed by atoms with van der Waals surface area (Å²) in [5.41, 5.74) is 3.91. The third-order valence-corrected chi connectivity index (χ3v) is 3.55. The molecular formula is C17H17ClN2. The van der Waals surface area contributed by atoms with Crippen molar-refractivity contribution in [3.63, 3.8) is 0 Å². The van der Waals surface area contributed by atoms with E-state index in [-0.39, 0.29) is 0 Å². The molecular weight excluding hydrogens is 268 g/mol. The maximum absolute atomic E-state index is 8.90. The molecule has 0 atom stereocenters. The molecule has 0 aliphatic rings. The van der Waals surface area contributed by atoms with Crippen molar-refractivity contribution in [2.45, 2.75) is 26.3 Å². The molecule has 0 radical (unpaired) electrons. The molecule has 0 saturated heterocycles. The molecule has 0 saturated carbocycles. The van der Waals surface area contributed by atoms with Gasteiger partial charge < -0.3 is 5.32 Å². The highest BCUT2D eigenvalue weighted by Gasteiger charge is 2.03. The van der Waals surface area contributed by atoms with Gasteiger partial charge in [0.2, 0.25) is 0 Å². The normalized spacial score (nSPS) is 10.3. The van der Waals surface area contributed by atoms with Gasteiger partial charge in [-0.15, -0.1) is 0 Å². The van der Waals surface area contributed by atoms with Crippen molar-refractivity contribution in [1.29, 1.82) is 5.26 Å². The molecule has 20 heavy (non-hydrogen) atoms. The number of nitrogens with zero attached hydrogens (tertiary/aromatic N) is 1. The van der Waals surface area contributed by atoms with Gasteiger partial charge in [-0.05, 0) is 35.2 Å². The fraction of sp³-hybridized carbons (Fsp3) is 0.235. The van der Waals surface area contributed by atoms with Crippen LogP contribution in [0.1, 0.15) is 36.5 Å². The first-order valence-electron chi connectivity index (χ1n) is 6.62. The number of anilines is 1. The summed E-state index contributed by atoms with van der Waals surface area (Å²) in [6, 6.07) is 15.9. The second-order valence-electron chi connectivity index (χ2n) is 5.06. The van der Waals surface area contributed by atoms with Crippen LogP contribution in [0.15, 0.2) is 42.5 Å². The fourth-order valence-corrected chi connectivity index (χ4v) is 2.13. The van der Waals surface area contributed by atoms with Gasteiger partial charge in [0.15, 0.2) is 0 Å². The Kier molecular flexibility index (Phi) is 4.65. The van der Waals surface area contributed by atoms with Crippen molar-refractivity contribution in [2.24, 2.45) is 0 Å². The quantitative estimate of drug-likeness (QED) is 0.862. The second kappa shape index (κ2) is 6.45. The predicted octanol–water partition coefficient (Wildman–Crippen LogP) is 4.95. The van der Waals surface area contributed by atoms with Crippen molar-refractivity contribution < 1.29 is 0 Å². The number of nitrogens with one attached hydrogen (secondary N) is 1. The van der Waals surface area contributed by atoms with Gasteiger partial charge in [-0.25, -0.2) is 0 Å². The molecule has 1 N–H and O–H groups in total. The first kappa shape index (κ1) is 14.4. The van der Waals surface area contributed by atoms with E-state index in [1.807, 2.05) is 0 Å². The summed E-state index contributed by atoms with van der Waals surface area (Å²) in [6.45, 7) is 5.05. The molecule has 0 heterocycles. The minimum Gasteiger partial charge on any atom is -0.380 e. The molecule has 0 unspecified atom stereocenters. The van der Waals surface area contributed by atoms with Crippen molar-refractivity contribution in [1.82, 2.24) is 0 Å². The Balaban J connectivity index is 2.07. The SMILES string of the molecule is CC(C)c1ccc(CNc2cc(C#N)ccc2Cl)cc1. The highest BCUT2D eigenvalue weighted by atomic mass is 35.5. The van der Waals surface area contributed by atoms with Gasteiger partial charge >= 0.3 is 0 Å². The lowest BCUT2D eigenvalue weighted by Gasteiger charge is -2.10. The van der Waals surface area contributed by atoms with Crippen molar-refractivity contribution in [3.05, 3.63) is 64.2 Å². The zero-order valence-electron chi connectivity index (χ0n) is 11.7. The van der Waals surface area contributed by atoms with Crippen LogP contribution in [-0.2, 0) is 6.54 Å². The van der Waals surface area contributed by atoms with E-state index in [2.05, 4.69) is 49.5 Å². The zero-order chi connectivity index (χ0) is 14.5. The van der Waals surface area contributed by atoms with Gasteiger partial charge in [-0.1, -0.05) is 49.7 Å². The van der Waals surface area contributed by atoms with E-state index >= 15 is 0 Å². The first-order chi connectivity index (χ1) is 9.60. The number of benzene rings is 2. The molecule has 0 aliphatic heterocycles. The predicted molar refractivity (Wildman–Crippen MR) is 84.0 cm³/mol. The van der Waals surface area contributed by atoms with Gasteiger partial charge in [-0.3, -0.25) is 0 Å². The minimum atomic E-state index is 0.541. The summed E-state index contributed by atoms with van der Waals surface area (Å²) in [7, 11) is 0. The molecule has 0 fully saturated rings. The molecule has 102 valence electrons. The maximum atomic E-state index is 8.90. The minimum absolute atomic E-state index is 0.541. The Morgan fingerprint density at radius 1 is 1.15 bits per heavy atom. The van der Waals surface area contributed by atoms with Crippen LogP contribution in [0, 0.1) is 11.3 Å². The zero-order valence-corrected chi connectivity index (χ0v) is 12.4. The van der Waals surface area contributed by atoms with E-state index in [4.69, 9.17) is 16.9 Å². The lowest BCUT2D eigenvalue weighted by Crippen LogP contribution is -2.00. The number of rotatable bonds is 4. The van der Waals surface area contributed by atoms with E-state index < -0.39 is 0 Å². The summed E-state index contributed by atoms with van der Waals surface area (Å²) >= 11 is 6.11. The van der Waals surface area contributed by atoms with Crippen LogP contribution < -0.4 is 5.32 Å². The van der Waals surface area contributed by atoms with Gasteiger partial charge in [0.1, 0.15) is 0 Å². The third-order valence-electron chi connectivity index (χ3n) is 3.22. The summed E-state index contributed by atoms with van der Waals surface area (Å²) in [5, 5.41) is 12.8. The van der Waals surface area contributed by atoms with Crippen LogP contribution in [0.3, 0.4) is 0 Å². The van der Waals surface area contributed by atoms with E-state index in [0.29, 0.717) is 23.0 Å². The standard InChI is InChI=1S/C17H17ClN2/c1-12(2)15-6-3-13(4-7-15)11-20-17-9-14(10-19)5-8-16(17)18/h3-9,12,20H,11H2,1-2H3. The Hall–Kier alpha value is -1.98.